The lowest BCUT2D eigenvalue weighted by Crippen LogP contribution is -2.38. The number of ether oxygens (including phenoxy) is 4. The van der Waals surface area contributed by atoms with Gasteiger partial charge in [0.2, 0.25) is 0 Å². The summed E-state index contributed by atoms with van der Waals surface area (Å²) in [5.74, 6) is -0.404. The number of hydrogen-bond donors (Lipinski definition) is 1. The lowest BCUT2D eigenvalue weighted by atomic mass is 9.92. The maximum Gasteiger partial charge on any atom is 0.410 e. The van der Waals surface area contributed by atoms with Gasteiger partial charge in [-0.3, -0.25) is 4.79 Å². The minimum atomic E-state index is -0.459. The van der Waals surface area contributed by atoms with Crippen LogP contribution in [0.5, 0.6) is 0 Å². The predicted octanol–water partition coefficient (Wildman–Crippen LogP) is 4.74. The standard InChI is InChI=1S/C28H32N2O6/c1-19(31)36-25-17-21(27-33-15-16-34-27)11-13-30(28(32)35-18-20-7-3-2-4-8-20)14-12-23-22-9-5-6-10-24(22)29-26(23)25/h2-10,21,25,27,29H,11-18H2,1H3/t21-,25+/m0/s1. The van der Waals surface area contributed by atoms with Crippen molar-refractivity contribution < 1.29 is 28.5 Å². The average Bonchev–Trinajstić information content (AvgIpc) is 3.55. The van der Waals surface area contributed by atoms with E-state index in [0.29, 0.717) is 45.6 Å². The third-order valence-corrected chi connectivity index (χ3v) is 6.89. The molecule has 3 aromatic rings. The monoisotopic (exact) mass is 492 g/mol. The van der Waals surface area contributed by atoms with Crippen LogP contribution in [0.25, 0.3) is 10.9 Å². The van der Waals surface area contributed by atoms with Gasteiger partial charge < -0.3 is 28.8 Å². The molecule has 1 amide bonds. The van der Waals surface area contributed by atoms with Crippen molar-refractivity contribution in [3.63, 3.8) is 0 Å². The maximum atomic E-state index is 13.2. The van der Waals surface area contributed by atoms with Crippen LogP contribution in [0.15, 0.2) is 54.6 Å². The molecule has 0 unspecified atom stereocenters. The summed E-state index contributed by atoms with van der Waals surface area (Å²) in [6.45, 7) is 3.69. The van der Waals surface area contributed by atoms with Crippen molar-refractivity contribution in [1.29, 1.82) is 0 Å². The number of rotatable bonds is 4. The van der Waals surface area contributed by atoms with Crippen molar-refractivity contribution in [2.75, 3.05) is 26.3 Å². The number of benzene rings is 2. The van der Waals surface area contributed by atoms with Crippen molar-refractivity contribution in [2.45, 2.75) is 45.2 Å². The molecule has 1 fully saturated rings. The van der Waals surface area contributed by atoms with Crippen LogP contribution in [-0.4, -0.2) is 54.5 Å². The van der Waals surface area contributed by atoms with Gasteiger partial charge in [0, 0.05) is 36.8 Å². The van der Waals surface area contributed by atoms with Crippen LogP contribution in [0.2, 0.25) is 0 Å². The molecule has 0 radical (unpaired) electrons. The molecule has 190 valence electrons. The van der Waals surface area contributed by atoms with Gasteiger partial charge >= 0.3 is 12.1 Å². The predicted molar refractivity (Wildman–Crippen MR) is 133 cm³/mol. The summed E-state index contributed by atoms with van der Waals surface area (Å²) in [5.41, 5.74) is 3.84. The molecule has 2 aliphatic rings. The highest BCUT2D eigenvalue weighted by Gasteiger charge is 2.35. The molecule has 3 heterocycles. The Morgan fingerprint density at radius 2 is 1.78 bits per heavy atom. The van der Waals surface area contributed by atoms with Crippen LogP contribution < -0.4 is 0 Å². The van der Waals surface area contributed by atoms with Gasteiger partial charge in [-0.15, -0.1) is 0 Å². The summed E-state index contributed by atoms with van der Waals surface area (Å²) in [4.78, 5) is 30.5. The van der Waals surface area contributed by atoms with Gasteiger partial charge in [0.1, 0.15) is 12.7 Å². The molecule has 36 heavy (non-hydrogen) atoms. The largest absolute Gasteiger partial charge is 0.456 e. The summed E-state index contributed by atoms with van der Waals surface area (Å²) < 4.78 is 23.2. The molecule has 2 aromatic carbocycles. The highest BCUT2D eigenvalue weighted by atomic mass is 16.7. The molecule has 8 heteroatoms. The van der Waals surface area contributed by atoms with Crippen LogP contribution in [0, 0.1) is 5.92 Å². The van der Waals surface area contributed by atoms with E-state index < -0.39 is 12.4 Å². The number of H-pyrrole nitrogens is 1. The number of amides is 1. The molecule has 1 aromatic heterocycles. The third-order valence-electron chi connectivity index (χ3n) is 6.89. The van der Waals surface area contributed by atoms with Crippen LogP contribution in [-0.2, 0) is 36.8 Å². The smallest absolute Gasteiger partial charge is 0.410 e. The van der Waals surface area contributed by atoms with E-state index in [-0.39, 0.29) is 24.6 Å². The van der Waals surface area contributed by atoms with E-state index >= 15 is 0 Å². The molecule has 0 saturated carbocycles. The number of aromatic amines is 1. The van der Waals surface area contributed by atoms with E-state index in [4.69, 9.17) is 18.9 Å². The van der Waals surface area contributed by atoms with Gasteiger partial charge in [-0.05, 0) is 36.5 Å². The Labute approximate surface area is 210 Å². The zero-order chi connectivity index (χ0) is 24.9. The zero-order valence-corrected chi connectivity index (χ0v) is 20.5. The number of carbonyl (C=O) groups excluding carboxylic acids is 2. The van der Waals surface area contributed by atoms with Gasteiger partial charge in [0.05, 0.1) is 18.9 Å². The highest BCUT2D eigenvalue weighted by Crippen LogP contribution is 2.37. The first-order valence-electron chi connectivity index (χ1n) is 12.5. The van der Waals surface area contributed by atoms with Crippen molar-refractivity contribution in [1.82, 2.24) is 9.88 Å². The number of nitrogens with one attached hydrogen (secondary N) is 1. The Balaban J connectivity index is 1.44. The van der Waals surface area contributed by atoms with Crippen LogP contribution in [0.4, 0.5) is 4.79 Å². The normalized spacial score (nSPS) is 21.2. The highest BCUT2D eigenvalue weighted by molar-refractivity contribution is 5.85. The Morgan fingerprint density at radius 3 is 2.56 bits per heavy atom. The molecule has 0 bridgehead atoms. The molecule has 8 nitrogen and oxygen atoms in total. The second-order valence-corrected chi connectivity index (χ2v) is 9.33. The zero-order valence-electron chi connectivity index (χ0n) is 20.5. The summed E-state index contributed by atoms with van der Waals surface area (Å²) >= 11 is 0. The van der Waals surface area contributed by atoms with Gasteiger partial charge in [0.25, 0.3) is 0 Å². The minimum Gasteiger partial charge on any atom is -0.456 e. The first-order valence-corrected chi connectivity index (χ1v) is 12.5. The summed E-state index contributed by atoms with van der Waals surface area (Å²) in [6.07, 6.45) is 0.565. The molecule has 2 atom stereocenters. The number of nitrogens with zero attached hydrogens (tertiary/aromatic N) is 1. The van der Waals surface area contributed by atoms with Crippen LogP contribution >= 0.6 is 0 Å². The summed E-state index contributed by atoms with van der Waals surface area (Å²) in [6, 6.07) is 17.7. The van der Waals surface area contributed by atoms with Gasteiger partial charge in [0.15, 0.2) is 6.29 Å². The lowest BCUT2D eigenvalue weighted by Gasteiger charge is -2.31. The number of carbonyl (C=O) groups is 2. The van der Waals surface area contributed by atoms with E-state index in [9.17, 15) is 9.59 Å². The second kappa shape index (κ2) is 11.1. The Kier molecular flexibility index (Phi) is 7.53. The number of esters is 1. The number of hydrogen-bond acceptors (Lipinski definition) is 6. The fraction of sp³-hybridized carbons (Fsp3) is 0.429. The third kappa shape index (κ3) is 5.55. The van der Waals surface area contributed by atoms with E-state index in [1.165, 1.54) is 6.92 Å². The van der Waals surface area contributed by atoms with Crippen molar-refractivity contribution in [3.05, 3.63) is 71.4 Å². The molecule has 1 saturated heterocycles. The average molecular weight is 493 g/mol. The van der Waals surface area contributed by atoms with Crippen molar-refractivity contribution >= 4 is 23.0 Å². The van der Waals surface area contributed by atoms with E-state index in [1.54, 1.807) is 4.90 Å². The van der Waals surface area contributed by atoms with Gasteiger partial charge in [-0.1, -0.05) is 48.5 Å². The minimum absolute atomic E-state index is 0.0707. The molecule has 5 rings (SSSR count). The quantitative estimate of drug-likeness (QED) is 0.530. The van der Waals surface area contributed by atoms with Crippen LogP contribution in [0.3, 0.4) is 0 Å². The molecule has 0 aliphatic carbocycles. The second-order valence-electron chi connectivity index (χ2n) is 9.33. The maximum absolute atomic E-state index is 13.2. The molecular formula is C28H32N2O6. The topological polar surface area (TPSA) is 90.1 Å². The summed E-state index contributed by atoms with van der Waals surface area (Å²) in [5, 5.41) is 1.06. The van der Waals surface area contributed by atoms with Gasteiger partial charge in [-0.25, -0.2) is 4.79 Å². The number of aromatic nitrogens is 1. The van der Waals surface area contributed by atoms with E-state index in [1.807, 2.05) is 48.5 Å². The fourth-order valence-corrected chi connectivity index (χ4v) is 5.15. The van der Waals surface area contributed by atoms with Gasteiger partial charge in [-0.2, -0.15) is 0 Å². The number of fused-ring (bicyclic) bond motifs is 3. The van der Waals surface area contributed by atoms with Crippen molar-refractivity contribution in [3.8, 4) is 0 Å². The first-order chi connectivity index (χ1) is 17.6. The first kappa shape index (κ1) is 24.3. The van der Waals surface area contributed by atoms with E-state index in [2.05, 4.69) is 11.1 Å². The fourth-order valence-electron chi connectivity index (χ4n) is 5.15. The molecule has 0 spiro atoms. The number of para-hydroxylation sites is 1. The lowest BCUT2D eigenvalue weighted by molar-refractivity contribution is -0.151. The SMILES string of the molecule is CC(=O)O[C@@H]1C[C@@H](C2OCCO2)CCN(C(=O)OCc2ccccc2)CCc2c1[nH]c1ccccc21. The van der Waals surface area contributed by atoms with Crippen LogP contribution in [0.1, 0.15) is 42.7 Å². The Hall–Kier alpha value is -3.36. The Bertz CT molecular complexity index is 1190. The Morgan fingerprint density at radius 1 is 1.03 bits per heavy atom. The van der Waals surface area contributed by atoms with Crippen molar-refractivity contribution in [2.24, 2.45) is 5.92 Å². The molecule has 1 N–H and O–H groups in total. The van der Waals surface area contributed by atoms with E-state index in [0.717, 1.165) is 27.7 Å². The molecular weight excluding hydrogens is 460 g/mol. The summed E-state index contributed by atoms with van der Waals surface area (Å²) in [7, 11) is 0. The molecule has 2 aliphatic heterocycles.